The summed E-state index contributed by atoms with van der Waals surface area (Å²) in [6.45, 7) is 1.59. The molecule has 0 radical (unpaired) electrons. The summed E-state index contributed by atoms with van der Waals surface area (Å²) in [6.07, 6.45) is 0.911. The third-order valence-corrected chi connectivity index (χ3v) is 7.07. The van der Waals surface area contributed by atoms with Gasteiger partial charge in [0.25, 0.3) is 5.91 Å². The lowest BCUT2D eigenvalue weighted by molar-refractivity contribution is -0.138. The van der Waals surface area contributed by atoms with E-state index in [9.17, 15) is 23.1 Å². The lowest BCUT2D eigenvalue weighted by Crippen LogP contribution is -2.42. The molecule has 10 nitrogen and oxygen atoms in total. The van der Waals surface area contributed by atoms with Gasteiger partial charge < -0.3 is 21.1 Å². The SMILES string of the molecule is O=C(Nc1ccc(C[C@H](NS(=O)(=O)c2ccccc2)C(=O)O)cc1)c1cccc(NC2=NCCCN2)c1. The molecular weight excluding hydrogens is 494 g/mol. The van der Waals surface area contributed by atoms with Crippen LogP contribution < -0.4 is 20.7 Å². The van der Waals surface area contributed by atoms with Gasteiger partial charge in [-0.1, -0.05) is 36.4 Å². The Kier molecular flexibility index (Phi) is 8.16. The number of benzene rings is 3. The van der Waals surface area contributed by atoms with Crippen LogP contribution in [0, 0.1) is 0 Å². The Balaban J connectivity index is 1.38. The summed E-state index contributed by atoms with van der Waals surface area (Å²) in [7, 11) is -4.00. The highest BCUT2D eigenvalue weighted by Gasteiger charge is 2.25. The first-order valence-corrected chi connectivity index (χ1v) is 13.1. The number of guanidine groups is 1. The average Bonchev–Trinajstić information content (AvgIpc) is 2.90. The number of amides is 1. The van der Waals surface area contributed by atoms with Crippen LogP contribution in [0.3, 0.4) is 0 Å². The largest absolute Gasteiger partial charge is 0.480 e. The summed E-state index contributed by atoms with van der Waals surface area (Å²) in [5, 5.41) is 18.7. The second kappa shape index (κ2) is 11.7. The molecule has 0 unspecified atom stereocenters. The molecule has 0 saturated heterocycles. The maximum atomic E-state index is 12.8. The lowest BCUT2D eigenvalue weighted by Gasteiger charge is -2.16. The molecule has 37 heavy (non-hydrogen) atoms. The quantitative estimate of drug-likeness (QED) is 0.291. The fourth-order valence-electron chi connectivity index (χ4n) is 3.69. The molecule has 0 spiro atoms. The predicted molar refractivity (Wildman–Crippen MR) is 141 cm³/mol. The number of rotatable bonds is 9. The van der Waals surface area contributed by atoms with Gasteiger partial charge in [-0.05, 0) is 60.9 Å². The molecule has 0 fully saturated rings. The molecule has 1 amide bonds. The van der Waals surface area contributed by atoms with Crippen molar-refractivity contribution in [2.45, 2.75) is 23.8 Å². The number of carboxylic acids is 1. The van der Waals surface area contributed by atoms with Crippen molar-refractivity contribution in [3.05, 3.63) is 90.0 Å². The third kappa shape index (κ3) is 7.15. The van der Waals surface area contributed by atoms with Crippen LogP contribution in [0.15, 0.2) is 88.8 Å². The lowest BCUT2D eigenvalue weighted by atomic mass is 10.1. The minimum Gasteiger partial charge on any atom is -0.480 e. The fraction of sp³-hybridized carbons (Fsp3) is 0.192. The zero-order valence-electron chi connectivity index (χ0n) is 19.8. The predicted octanol–water partition coefficient (Wildman–Crippen LogP) is 2.67. The van der Waals surface area contributed by atoms with Crippen molar-refractivity contribution >= 4 is 39.2 Å². The summed E-state index contributed by atoms with van der Waals surface area (Å²) in [5.41, 5.74) is 2.29. The molecular formula is C26H27N5O5S. The molecule has 0 aliphatic carbocycles. The van der Waals surface area contributed by atoms with Gasteiger partial charge in [-0.3, -0.25) is 14.6 Å². The van der Waals surface area contributed by atoms with Gasteiger partial charge in [0.1, 0.15) is 6.04 Å². The van der Waals surface area contributed by atoms with Gasteiger partial charge in [-0.25, -0.2) is 8.42 Å². The molecule has 1 heterocycles. The number of nitrogens with one attached hydrogen (secondary N) is 4. The number of carboxylic acid groups (broad SMARTS) is 1. The van der Waals surface area contributed by atoms with Gasteiger partial charge in [0.2, 0.25) is 10.0 Å². The van der Waals surface area contributed by atoms with Crippen LogP contribution in [0.5, 0.6) is 0 Å². The number of aliphatic carboxylic acids is 1. The molecule has 3 aromatic rings. The minimum atomic E-state index is -4.00. The van der Waals surface area contributed by atoms with Crippen molar-refractivity contribution in [1.29, 1.82) is 0 Å². The second-order valence-electron chi connectivity index (χ2n) is 8.40. The molecule has 3 aromatic carbocycles. The van der Waals surface area contributed by atoms with Crippen LogP contribution >= 0.6 is 0 Å². The van der Waals surface area contributed by atoms with Crippen molar-refractivity contribution in [1.82, 2.24) is 10.0 Å². The first kappa shape index (κ1) is 25.9. The van der Waals surface area contributed by atoms with Crippen LogP contribution in [-0.2, 0) is 21.2 Å². The van der Waals surface area contributed by atoms with Gasteiger partial charge in [-0.15, -0.1) is 0 Å². The molecule has 1 aliphatic heterocycles. The average molecular weight is 522 g/mol. The molecule has 4 rings (SSSR count). The number of aliphatic imine (C=N–C) groups is 1. The summed E-state index contributed by atoms with van der Waals surface area (Å²) < 4.78 is 27.3. The molecule has 11 heteroatoms. The number of sulfonamides is 1. The Morgan fingerprint density at radius 2 is 1.73 bits per heavy atom. The number of hydrogen-bond donors (Lipinski definition) is 5. The first-order chi connectivity index (χ1) is 17.8. The van der Waals surface area contributed by atoms with Gasteiger partial charge in [-0.2, -0.15) is 4.72 Å². The Morgan fingerprint density at radius 1 is 0.973 bits per heavy atom. The smallest absolute Gasteiger partial charge is 0.322 e. The van der Waals surface area contributed by atoms with E-state index in [1.165, 1.54) is 12.1 Å². The monoisotopic (exact) mass is 521 g/mol. The molecule has 0 aromatic heterocycles. The number of carbonyl (C=O) groups is 2. The number of nitrogens with zero attached hydrogens (tertiary/aromatic N) is 1. The van der Waals surface area contributed by atoms with E-state index in [1.54, 1.807) is 60.7 Å². The van der Waals surface area contributed by atoms with E-state index >= 15 is 0 Å². The Hall–Kier alpha value is -4.22. The molecule has 0 saturated carbocycles. The fourth-order valence-corrected chi connectivity index (χ4v) is 4.90. The molecule has 1 atom stereocenters. The van der Waals surface area contributed by atoms with E-state index in [1.807, 2.05) is 6.07 Å². The zero-order valence-corrected chi connectivity index (χ0v) is 20.7. The van der Waals surface area contributed by atoms with E-state index in [2.05, 4.69) is 25.7 Å². The molecule has 5 N–H and O–H groups in total. The van der Waals surface area contributed by atoms with Gasteiger partial charge >= 0.3 is 5.97 Å². The summed E-state index contributed by atoms with van der Waals surface area (Å²) >= 11 is 0. The van der Waals surface area contributed by atoms with Crippen molar-refractivity contribution in [2.75, 3.05) is 23.7 Å². The van der Waals surface area contributed by atoms with Crippen LogP contribution in [-0.4, -0.2) is 50.5 Å². The zero-order chi connectivity index (χ0) is 26.3. The van der Waals surface area contributed by atoms with Gasteiger partial charge in [0.05, 0.1) is 4.90 Å². The van der Waals surface area contributed by atoms with E-state index in [-0.39, 0.29) is 17.2 Å². The maximum Gasteiger partial charge on any atom is 0.322 e. The highest BCUT2D eigenvalue weighted by molar-refractivity contribution is 7.89. The summed E-state index contributed by atoms with van der Waals surface area (Å²) in [6, 6.07) is 19.8. The van der Waals surface area contributed by atoms with E-state index in [0.29, 0.717) is 22.8 Å². The molecule has 0 bridgehead atoms. The van der Waals surface area contributed by atoms with E-state index < -0.39 is 22.0 Å². The van der Waals surface area contributed by atoms with Crippen molar-refractivity contribution in [3.63, 3.8) is 0 Å². The Bertz CT molecular complexity index is 1390. The first-order valence-electron chi connectivity index (χ1n) is 11.7. The Morgan fingerprint density at radius 3 is 2.41 bits per heavy atom. The van der Waals surface area contributed by atoms with E-state index in [4.69, 9.17) is 0 Å². The highest BCUT2D eigenvalue weighted by Crippen LogP contribution is 2.16. The van der Waals surface area contributed by atoms with Crippen LogP contribution in [0.4, 0.5) is 11.4 Å². The normalized spacial score (nSPS) is 14.1. The molecule has 192 valence electrons. The standard InChI is InChI=1S/C26H27N5O5S/c32-24(19-6-4-7-21(17-19)30-26-27-14-5-15-28-26)29-20-12-10-18(11-13-20)16-23(25(33)34)31-37(35,36)22-8-2-1-3-9-22/h1-4,6-13,17,23,31H,5,14-16H2,(H,29,32)(H,33,34)(H2,27,28,30)/t23-/m0/s1. The van der Waals surface area contributed by atoms with Crippen LogP contribution in [0.25, 0.3) is 0 Å². The van der Waals surface area contributed by atoms with Crippen molar-refractivity contribution in [3.8, 4) is 0 Å². The number of hydrogen-bond acceptors (Lipinski definition) is 7. The molecule has 1 aliphatic rings. The van der Waals surface area contributed by atoms with Gasteiger partial charge in [0, 0.05) is 30.0 Å². The van der Waals surface area contributed by atoms with Crippen molar-refractivity contribution in [2.24, 2.45) is 4.99 Å². The van der Waals surface area contributed by atoms with E-state index in [0.717, 1.165) is 25.2 Å². The topological polar surface area (TPSA) is 149 Å². The second-order valence-corrected chi connectivity index (χ2v) is 10.1. The summed E-state index contributed by atoms with van der Waals surface area (Å²) in [4.78, 5) is 28.8. The highest BCUT2D eigenvalue weighted by atomic mass is 32.2. The van der Waals surface area contributed by atoms with Crippen molar-refractivity contribution < 1.29 is 23.1 Å². The Labute approximate surface area is 214 Å². The number of carbonyl (C=O) groups excluding carboxylic acids is 1. The minimum absolute atomic E-state index is 0.0124. The number of anilines is 2. The van der Waals surface area contributed by atoms with Gasteiger partial charge in [0.15, 0.2) is 5.96 Å². The van der Waals surface area contributed by atoms with Crippen LogP contribution in [0.2, 0.25) is 0 Å². The third-order valence-electron chi connectivity index (χ3n) is 5.59. The maximum absolute atomic E-state index is 12.8. The summed E-state index contributed by atoms with van der Waals surface area (Å²) in [5.74, 6) is -0.932. The van der Waals surface area contributed by atoms with Crippen LogP contribution in [0.1, 0.15) is 22.3 Å².